The van der Waals surface area contributed by atoms with E-state index in [2.05, 4.69) is 62.8 Å². The summed E-state index contributed by atoms with van der Waals surface area (Å²) in [7, 11) is 0. The lowest BCUT2D eigenvalue weighted by Crippen LogP contribution is -2.06. The molecule has 0 aliphatic heterocycles. The highest BCUT2D eigenvalue weighted by atomic mass is 15.2. The van der Waals surface area contributed by atoms with Crippen molar-refractivity contribution in [1.29, 1.82) is 0 Å². The maximum absolute atomic E-state index is 4.55. The maximum Gasteiger partial charge on any atom is 0.238 e. The first-order chi connectivity index (χ1) is 10.6. The Bertz CT molecular complexity index is 994. The Labute approximate surface area is 128 Å². The molecule has 2 aromatic heterocycles. The third kappa shape index (κ3) is 1.88. The van der Waals surface area contributed by atoms with Gasteiger partial charge in [0.15, 0.2) is 0 Å². The fourth-order valence-corrected chi connectivity index (χ4v) is 2.99. The summed E-state index contributed by atoms with van der Waals surface area (Å²) in [5.74, 6) is 2.16. The van der Waals surface area contributed by atoms with Crippen LogP contribution in [-0.2, 0) is 0 Å². The Kier molecular flexibility index (Phi) is 2.73. The molecule has 22 heavy (non-hydrogen) atoms. The minimum atomic E-state index is 0.682. The zero-order valence-electron chi connectivity index (χ0n) is 12.8. The lowest BCUT2D eigenvalue weighted by molar-refractivity contribution is 0.864. The number of fused-ring (bicyclic) bond motifs is 3. The van der Waals surface area contributed by atoms with Crippen LogP contribution in [0.2, 0.25) is 0 Å². The van der Waals surface area contributed by atoms with Gasteiger partial charge in [-0.15, -0.1) is 0 Å². The largest absolute Gasteiger partial charge is 0.278 e. The smallest absolute Gasteiger partial charge is 0.238 e. The Morgan fingerprint density at radius 1 is 0.727 bits per heavy atom. The van der Waals surface area contributed by atoms with Crippen molar-refractivity contribution in [3.63, 3.8) is 0 Å². The number of benzene rings is 2. The molecule has 0 bridgehead atoms. The lowest BCUT2D eigenvalue weighted by atomic mass is 10.1. The zero-order valence-corrected chi connectivity index (χ0v) is 12.8. The van der Waals surface area contributed by atoms with Crippen molar-refractivity contribution in [2.75, 3.05) is 0 Å². The standard InChI is InChI=1S/C18H16N4/c1-11-8-9-15-14-6-4-5-7-16(14)22(17(15)10-11)18-20-12(2)19-13(3)21-18/h4-10H,1-3H3. The maximum atomic E-state index is 4.55. The van der Waals surface area contributed by atoms with E-state index >= 15 is 0 Å². The summed E-state index contributed by atoms with van der Waals surface area (Å²) < 4.78 is 2.12. The van der Waals surface area contributed by atoms with Crippen LogP contribution in [0.4, 0.5) is 0 Å². The fraction of sp³-hybridized carbons (Fsp3) is 0.167. The van der Waals surface area contributed by atoms with Gasteiger partial charge in [-0.05, 0) is 38.5 Å². The van der Waals surface area contributed by atoms with Crippen molar-refractivity contribution in [3.8, 4) is 5.95 Å². The molecule has 0 saturated heterocycles. The van der Waals surface area contributed by atoms with Gasteiger partial charge in [0.25, 0.3) is 0 Å². The van der Waals surface area contributed by atoms with E-state index in [1.807, 2.05) is 19.9 Å². The molecular formula is C18H16N4. The normalized spacial score (nSPS) is 11.4. The Hall–Kier alpha value is -2.75. The first kappa shape index (κ1) is 13.0. The second-order valence-electron chi connectivity index (χ2n) is 5.60. The van der Waals surface area contributed by atoms with Gasteiger partial charge in [-0.25, -0.2) is 4.98 Å². The van der Waals surface area contributed by atoms with Gasteiger partial charge < -0.3 is 0 Å². The molecule has 4 heteroatoms. The molecule has 4 rings (SSSR count). The minimum Gasteiger partial charge on any atom is -0.278 e. The number of aryl methyl sites for hydroxylation is 3. The van der Waals surface area contributed by atoms with Gasteiger partial charge in [-0.2, -0.15) is 9.97 Å². The molecule has 0 aliphatic carbocycles. The van der Waals surface area contributed by atoms with Gasteiger partial charge in [0.2, 0.25) is 5.95 Å². The van der Waals surface area contributed by atoms with Gasteiger partial charge in [-0.3, -0.25) is 4.57 Å². The summed E-state index contributed by atoms with van der Waals surface area (Å²) in [5, 5.41) is 2.44. The highest BCUT2D eigenvalue weighted by Gasteiger charge is 2.14. The van der Waals surface area contributed by atoms with Gasteiger partial charge >= 0.3 is 0 Å². The summed E-state index contributed by atoms with van der Waals surface area (Å²) in [4.78, 5) is 13.4. The Morgan fingerprint density at radius 2 is 1.41 bits per heavy atom. The third-order valence-electron chi connectivity index (χ3n) is 3.88. The van der Waals surface area contributed by atoms with E-state index in [4.69, 9.17) is 0 Å². The summed E-state index contributed by atoms with van der Waals surface area (Å²) in [6.07, 6.45) is 0. The molecule has 4 aromatic rings. The van der Waals surface area contributed by atoms with Crippen LogP contribution in [0, 0.1) is 20.8 Å². The second kappa shape index (κ2) is 4.63. The summed E-state index contributed by atoms with van der Waals surface area (Å²) in [6, 6.07) is 14.9. The number of rotatable bonds is 1. The highest BCUT2D eigenvalue weighted by Crippen LogP contribution is 2.31. The number of aromatic nitrogens is 4. The van der Waals surface area contributed by atoms with Crippen LogP contribution in [-0.4, -0.2) is 19.5 Å². The second-order valence-corrected chi connectivity index (χ2v) is 5.60. The fourth-order valence-electron chi connectivity index (χ4n) is 2.99. The summed E-state index contributed by atoms with van der Waals surface area (Å²) in [5.41, 5.74) is 3.47. The van der Waals surface area contributed by atoms with Crippen LogP contribution < -0.4 is 0 Å². The number of hydrogen-bond acceptors (Lipinski definition) is 3. The van der Waals surface area contributed by atoms with Crippen LogP contribution >= 0.6 is 0 Å². The quantitative estimate of drug-likeness (QED) is 0.533. The molecule has 0 amide bonds. The van der Waals surface area contributed by atoms with Crippen molar-refractivity contribution >= 4 is 21.8 Å². The topological polar surface area (TPSA) is 43.6 Å². The molecule has 0 saturated carbocycles. The van der Waals surface area contributed by atoms with Crippen LogP contribution in [0.5, 0.6) is 0 Å². The Balaban J connectivity index is 2.20. The van der Waals surface area contributed by atoms with Gasteiger partial charge in [0.1, 0.15) is 11.6 Å². The van der Waals surface area contributed by atoms with Gasteiger partial charge in [-0.1, -0.05) is 30.3 Å². The van der Waals surface area contributed by atoms with E-state index < -0.39 is 0 Å². The zero-order chi connectivity index (χ0) is 15.3. The molecule has 0 spiro atoms. The number of para-hydroxylation sites is 1. The molecule has 4 nitrogen and oxygen atoms in total. The molecule has 108 valence electrons. The molecule has 2 aromatic carbocycles. The molecule has 0 fully saturated rings. The van der Waals surface area contributed by atoms with Crippen molar-refractivity contribution in [2.24, 2.45) is 0 Å². The van der Waals surface area contributed by atoms with E-state index in [1.165, 1.54) is 16.3 Å². The van der Waals surface area contributed by atoms with E-state index in [-0.39, 0.29) is 0 Å². The number of hydrogen-bond donors (Lipinski definition) is 0. The molecule has 0 atom stereocenters. The SMILES string of the molecule is Cc1ccc2c3ccccc3n(-c3nc(C)nc(C)n3)c2c1. The first-order valence-corrected chi connectivity index (χ1v) is 7.33. The third-order valence-corrected chi connectivity index (χ3v) is 3.88. The van der Waals surface area contributed by atoms with Crippen molar-refractivity contribution in [2.45, 2.75) is 20.8 Å². The van der Waals surface area contributed by atoms with Gasteiger partial charge in [0, 0.05) is 10.8 Å². The van der Waals surface area contributed by atoms with Crippen LogP contribution in [0.25, 0.3) is 27.8 Å². The average Bonchev–Trinajstić information content (AvgIpc) is 2.79. The molecule has 0 unspecified atom stereocenters. The van der Waals surface area contributed by atoms with E-state index in [9.17, 15) is 0 Å². The predicted molar refractivity (Wildman–Crippen MR) is 88.4 cm³/mol. The van der Waals surface area contributed by atoms with E-state index in [1.54, 1.807) is 0 Å². The lowest BCUT2D eigenvalue weighted by Gasteiger charge is -2.07. The van der Waals surface area contributed by atoms with E-state index in [0.717, 1.165) is 22.7 Å². The molecule has 2 heterocycles. The van der Waals surface area contributed by atoms with Crippen LogP contribution in [0.15, 0.2) is 42.5 Å². The molecular weight excluding hydrogens is 272 g/mol. The van der Waals surface area contributed by atoms with E-state index in [0.29, 0.717) is 5.95 Å². The minimum absolute atomic E-state index is 0.682. The van der Waals surface area contributed by atoms with Crippen LogP contribution in [0.1, 0.15) is 17.2 Å². The van der Waals surface area contributed by atoms with Crippen molar-refractivity contribution in [1.82, 2.24) is 19.5 Å². The predicted octanol–water partition coefficient (Wildman–Crippen LogP) is 3.89. The van der Waals surface area contributed by atoms with Crippen molar-refractivity contribution in [3.05, 3.63) is 59.7 Å². The Morgan fingerprint density at radius 3 is 2.18 bits per heavy atom. The molecule has 0 radical (unpaired) electrons. The molecule has 0 N–H and O–H groups in total. The van der Waals surface area contributed by atoms with Gasteiger partial charge in [0.05, 0.1) is 11.0 Å². The summed E-state index contributed by atoms with van der Waals surface area (Å²) in [6.45, 7) is 5.90. The number of nitrogens with zero attached hydrogens (tertiary/aromatic N) is 4. The van der Waals surface area contributed by atoms with Crippen LogP contribution in [0.3, 0.4) is 0 Å². The molecule has 0 aliphatic rings. The first-order valence-electron chi connectivity index (χ1n) is 7.33. The highest BCUT2D eigenvalue weighted by molar-refractivity contribution is 6.09. The average molecular weight is 288 g/mol. The monoisotopic (exact) mass is 288 g/mol. The summed E-state index contributed by atoms with van der Waals surface area (Å²) >= 11 is 0. The van der Waals surface area contributed by atoms with Crippen molar-refractivity contribution < 1.29 is 0 Å².